The third-order valence-corrected chi connectivity index (χ3v) is 3.86. The molecule has 0 radical (unpaired) electrons. The summed E-state index contributed by atoms with van der Waals surface area (Å²) in [5.74, 6) is 0. The van der Waals surface area contributed by atoms with Crippen molar-refractivity contribution in [1.29, 1.82) is 0 Å². The maximum absolute atomic E-state index is 5.93. The normalized spacial score (nSPS) is 22.4. The highest BCUT2D eigenvalue weighted by molar-refractivity contribution is 5.26. The van der Waals surface area contributed by atoms with Crippen LogP contribution in [-0.4, -0.2) is 44.8 Å². The fraction of sp³-hybridized carbons (Fsp3) is 0.625. The molecule has 2 rings (SSSR count). The average molecular weight is 262 g/mol. The zero-order chi connectivity index (χ0) is 13.7. The van der Waals surface area contributed by atoms with E-state index in [0.717, 1.165) is 26.1 Å². The Bertz CT molecular complexity index is 377. The number of nitrogens with zero attached hydrogens (tertiary/aromatic N) is 1. The quantitative estimate of drug-likeness (QED) is 0.880. The molecule has 0 aliphatic carbocycles. The zero-order valence-electron chi connectivity index (χ0n) is 12.4. The highest BCUT2D eigenvalue weighted by atomic mass is 16.5. The number of hydrogen-bond acceptors (Lipinski definition) is 3. The van der Waals surface area contributed by atoms with Gasteiger partial charge in [-0.1, -0.05) is 37.6 Å². The van der Waals surface area contributed by atoms with E-state index in [1.54, 1.807) is 0 Å². The molecule has 0 spiro atoms. The van der Waals surface area contributed by atoms with Gasteiger partial charge in [0.25, 0.3) is 0 Å². The van der Waals surface area contributed by atoms with Crippen LogP contribution in [0.3, 0.4) is 0 Å². The van der Waals surface area contributed by atoms with Gasteiger partial charge in [-0.3, -0.25) is 0 Å². The van der Waals surface area contributed by atoms with Gasteiger partial charge in [-0.25, -0.2) is 0 Å². The van der Waals surface area contributed by atoms with Gasteiger partial charge in [0.2, 0.25) is 0 Å². The topological polar surface area (TPSA) is 24.5 Å². The lowest BCUT2D eigenvalue weighted by Gasteiger charge is -2.35. The van der Waals surface area contributed by atoms with Crippen molar-refractivity contribution in [1.82, 2.24) is 10.2 Å². The summed E-state index contributed by atoms with van der Waals surface area (Å²) in [7, 11) is 4.18. The number of nitrogens with one attached hydrogen (secondary N) is 1. The van der Waals surface area contributed by atoms with E-state index >= 15 is 0 Å². The molecule has 2 unspecified atom stereocenters. The van der Waals surface area contributed by atoms with Crippen LogP contribution >= 0.6 is 0 Å². The van der Waals surface area contributed by atoms with E-state index in [4.69, 9.17) is 4.74 Å². The summed E-state index contributed by atoms with van der Waals surface area (Å²) in [6.07, 6.45) is 2.60. The first-order valence-corrected chi connectivity index (χ1v) is 7.31. The van der Waals surface area contributed by atoms with Crippen LogP contribution in [0.5, 0.6) is 0 Å². The summed E-state index contributed by atoms with van der Waals surface area (Å²) in [5.41, 5.74) is 2.74. The second-order valence-corrected chi connectivity index (χ2v) is 5.43. The van der Waals surface area contributed by atoms with E-state index in [0.29, 0.717) is 0 Å². The van der Waals surface area contributed by atoms with E-state index in [2.05, 4.69) is 48.5 Å². The van der Waals surface area contributed by atoms with Crippen molar-refractivity contribution < 1.29 is 4.74 Å². The molecule has 3 heteroatoms. The van der Waals surface area contributed by atoms with Crippen LogP contribution < -0.4 is 5.32 Å². The van der Waals surface area contributed by atoms with Gasteiger partial charge in [0.15, 0.2) is 0 Å². The SMILES string of the molecule is CCCc1ccc(C(NC)C2CN(C)CCO2)cc1. The van der Waals surface area contributed by atoms with E-state index in [1.807, 2.05) is 7.05 Å². The maximum atomic E-state index is 5.93. The lowest BCUT2D eigenvalue weighted by Crippen LogP contribution is -2.46. The Morgan fingerprint density at radius 1 is 1.37 bits per heavy atom. The van der Waals surface area contributed by atoms with Gasteiger partial charge in [0, 0.05) is 13.1 Å². The van der Waals surface area contributed by atoms with Crippen LogP contribution in [0.4, 0.5) is 0 Å². The zero-order valence-corrected chi connectivity index (χ0v) is 12.4. The van der Waals surface area contributed by atoms with E-state index < -0.39 is 0 Å². The Balaban J connectivity index is 2.07. The predicted octanol–water partition coefficient (Wildman–Crippen LogP) is 2.23. The summed E-state index contributed by atoms with van der Waals surface area (Å²) in [6, 6.07) is 9.25. The molecule has 3 nitrogen and oxygen atoms in total. The molecule has 0 saturated carbocycles. The van der Waals surface area contributed by atoms with E-state index in [-0.39, 0.29) is 12.1 Å². The molecule has 1 N–H and O–H groups in total. The highest BCUT2D eigenvalue weighted by Crippen LogP contribution is 2.22. The number of likely N-dealkylation sites (N-methyl/N-ethyl adjacent to an activating group) is 2. The van der Waals surface area contributed by atoms with Gasteiger partial charge in [0.1, 0.15) is 0 Å². The van der Waals surface area contributed by atoms with E-state index in [9.17, 15) is 0 Å². The molecule has 0 aromatic heterocycles. The van der Waals surface area contributed by atoms with Gasteiger partial charge in [0.05, 0.1) is 18.8 Å². The third-order valence-electron chi connectivity index (χ3n) is 3.86. The van der Waals surface area contributed by atoms with Crippen LogP contribution in [0.15, 0.2) is 24.3 Å². The minimum absolute atomic E-state index is 0.237. The third kappa shape index (κ3) is 3.78. The molecule has 2 atom stereocenters. The smallest absolute Gasteiger partial charge is 0.0896 e. The molecule has 106 valence electrons. The summed E-state index contributed by atoms with van der Waals surface area (Å²) < 4.78 is 5.93. The number of hydrogen-bond donors (Lipinski definition) is 1. The number of rotatable bonds is 5. The first-order valence-electron chi connectivity index (χ1n) is 7.31. The van der Waals surface area contributed by atoms with Gasteiger partial charge in [-0.05, 0) is 31.6 Å². The fourth-order valence-electron chi connectivity index (χ4n) is 2.76. The Morgan fingerprint density at radius 2 is 2.11 bits per heavy atom. The van der Waals surface area contributed by atoms with Crippen LogP contribution in [0.2, 0.25) is 0 Å². The molecular weight excluding hydrogens is 236 g/mol. The van der Waals surface area contributed by atoms with E-state index in [1.165, 1.54) is 17.5 Å². The minimum Gasteiger partial charge on any atom is -0.374 e. The first kappa shape index (κ1) is 14.5. The van der Waals surface area contributed by atoms with Crippen molar-refractivity contribution in [3.8, 4) is 0 Å². The van der Waals surface area contributed by atoms with Crippen molar-refractivity contribution >= 4 is 0 Å². The second-order valence-electron chi connectivity index (χ2n) is 5.43. The average Bonchev–Trinajstić information content (AvgIpc) is 2.42. The van der Waals surface area contributed by atoms with Crippen molar-refractivity contribution in [2.24, 2.45) is 0 Å². The Hall–Kier alpha value is -0.900. The lowest BCUT2D eigenvalue weighted by molar-refractivity contribution is -0.0380. The largest absolute Gasteiger partial charge is 0.374 e. The number of morpholine rings is 1. The number of ether oxygens (including phenoxy) is 1. The lowest BCUT2D eigenvalue weighted by atomic mass is 9.98. The molecule has 1 fully saturated rings. The monoisotopic (exact) mass is 262 g/mol. The Kier molecular flexibility index (Phi) is 5.37. The van der Waals surface area contributed by atoms with Gasteiger partial charge >= 0.3 is 0 Å². The van der Waals surface area contributed by atoms with Crippen LogP contribution in [0, 0.1) is 0 Å². The van der Waals surface area contributed by atoms with Gasteiger partial charge in [-0.2, -0.15) is 0 Å². The standard InChI is InChI=1S/C16H26N2O/c1-4-5-13-6-8-14(9-7-13)16(17-2)15-12-18(3)10-11-19-15/h6-9,15-17H,4-5,10-12H2,1-3H3. The molecular formula is C16H26N2O. The van der Waals surface area contributed by atoms with Crippen LogP contribution in [0.25, 0.3) is 0 Å². The Morgan fingerprint density at radius 3 is 2.68 bits per heavy atom. The van der Waals surface area contributed by atoms with Crippen molar-refractivity contribution in [2.75, 3.05) is 33.8 Å². The van der Waals surface area contributed by atoms with Crippen LogP contribution in [0.1, 0.15) is 30.5 Å². The molecule has 1 aliphatic rings. The molecule has 1 aromatic carbocycles. The van der Waals surface area contributed by atoms with Crippen LogP contribution in [-0.2, 0) is 11.2 Å². The molecule has 1 aromatic rings. The Labute approximate surface area is 116 Å². The molecule has 19 heavy (non-hydrogen) atoms. The second kappa shape index (κ2) is 7.04. The molecule has 1 saturated heterocycles. The van der Waals surface area contributed by atoms with Gasteiger partial charge in [-0.15, -0.1) is 0 Å². The maximum Gasteiger partial charge on any atom is 0.0896 e. The van der Waals surface area contributed by atoms with Gasteiger partial charge < -0.3 is 15.0 Å². The molecule has 0 amide bonds. The number of benzene rings is 1. The van der Waals surface area contributed by atoms with Crippen molar-refractivity contribution in [3.05, 3.63) is 35.4 Å². The highest BCUT2D eigenvalue weighted by Gasteiger charge is 2.26. The first-order chi connectivity index (χ1) is 9.24. The number of aryl methyl sites for hydroxylation is 1. The summed E-state index contributed by atoms with van der Waals surface area (Å²) >= 11 is 0. The minimum atomic E-state index is 0.237. The summed E-state index contributed by atoms with van der Waals surface area (Å²) in [4.78, 5) is 2.34. The molecule has 0 bridgehead atoms. The summed E-state index contributed by atoms with van der Waals surface area (Å²) in [5, 5.41) is 3.41. The molecule has 1 aliphatic heterocycles. The summed E-state index contributed by atoms with van der Waals surface area (Å²) in [6.45, 7) is 5.06. The predicted molar refractivity (Wildman–Crippen MR) is 79.5 cm³/mol. The van der Waals surface area contributed by atoms with Crippen molar-refractivity contribution in [3.63, 3.8) is 0 Å². The van der Waals surface area contributed by atoms with Crippen molar-refractivity contribution in [2.45, 2.75) is 31.9 Å². The molecule has 1 heterocycles. The fourth-order valence-corrected chi connectivity index (χ4v) is 2.76.